The van der Waals surface area contributed by atoms with Crippen molar-refractivity contribution >= 4 is 11.7 Å². The summed E-state index contributed by atoms with van der Waals surface area (Å²) in [6.45, 7) is 0. The van der Waals surface area contributed by atoms with E-state index in [1.165, 1.54) is 10.7 Å². The summed E-state index contributed by atoms with van der Waals surface area (Å²) in [5, 5.41) is 4.01. The molecule has 0 radical (unpaired) electrons. The minimum Gasteiger partial charge on any atom is -0.364 e. The van der Waals surface area contributed by atoms with Gasteiger partial charge in [-0.25, -0.2) is 13.5 Å². The van der Waals surface area contributed by atoms with Gasteiger partial charge < -0.3 is 5.73 Å². The molecule has 21 heavy (non-hydrogen) atoms. The first kappa shape index (κ1) is 13.4. The lowest BCUT2D eigenvalue weighted by molar-refractivity contribution is 0.0948. The molecule has 0 saturated heterocycles. The van der Waals surface area contributed by atoms with E-state index in [9.17, 15) is 18.4 Å². The van der Waals surface area contributed by atoms with Crippen LogP contribution in [0, 0.1) is 11.6 Å². The van der Waals surface area contributed by atoms with E-state index >= 15 is 0 Å². The predicted octanol–water partition coefficient (Wildman–Crippen LogP) is 1.77. The second-order valence-electron chi connectivity index (χ2n) is 4.82. The summed E-state index contributed by atoms with van der Waals surface area (Å²) in [7, 11) is 0. The maximum Gasteiger partial charge on any atom is 0.269 e. The number of aromatic nitrogens is 2. The summed E-state index contributed by atoms with van der Waals surface area (Å²) in [6.07, 6.45) is 1.44. The molecule has 2 aromatic rings. The quantitative estimate of drug-likeness (QED) is 0.916. The Hall–Kier alpha value is -2.57. The Morgan fingerprint density at radius 1 is 1.24 bits per heavy atom. The highest BCUT2D eigenvalue weighted by molar-refractivity contribution is 6.08. The first-order valence-electron chi connectivity index (χ1n) is 6.39. The minimum absolute atomic E-state index is 0.126. The third-order valence-corrected chi connectivity index (χ3v) is 3.46. The van der Waals surface area contributed by atoms with Crippen LogP contribution in [0.4, 0.5) is 8.78 Å². The molecule has 3 rings (SSSR count). The predicted molar refractivity (Wildman–Crippen MR) is 69.3 cm³/mol. The number of benzene rings is 1. The highest BCUT2D eigenvalue weighted by Gasteiger charge is 2.29. The molecule has 2 N–H and O–H groups in total. The second-order valence-corrected chi connectivity index (χ2v) is 4.82. The Morgan fingerprint density at radius 2 is 2.00 bits per heavy atom. The number of Topliss-reactive ketones (excluding diaryl/α,β-unsaturated/α-hetero) is 1. The molecule has 0 spiro atoms. The number of hydrogen-bond donors (Lipinski definition) is 1. The Labute approximate surface area is 118 Å². The lowest BCUT2D eigenvalue weighted by atomic mass is 9.94. The molecule has 0 unspecified atom stereocenters. The largest absolute Gasteiger partial charge is 0.364 e. The standard InChI is InChI=1S/C14H11F2N3O2/c15-8-5-4-7(6-9(8)16)19-10-2-1-3-11(20)12(10)13(18-19)14(17)21/h4-6H,1-3H2,(H2,17,21). The molecule has 1 aromatic carbocycles. The van der Waals surface area contributed by atoms with Crippen molar-refractivity contribution in [3.63, 3.8) is 0 Å². The van der Waals surface area contributed by atoms with Crippen LogP contribution in [0.2, 0.25) is 0 Å². The van der Waals surface area contributed by atoms with E-state index in [0.29, 0.717) is 25.0 Å². The zero-order valence-electron chi connectivity index (χ0n) is 10.9. The maximum atomic E-state index is 13.4. The zero-order valence-corrected chi connectivity index (χ0v) is 10.9. The highest BCUT2D eigenvalue weighted by atomic mass is 19.2. The van der Waals surface area contributed by atoms with Crippen LogP contribution in [0.25, 0.3) is 5.69 Å². The fourth-order valence-electron chi connectivity index (χ4n) is 2.52. The normalized spacial score (nSPS) is 14.1. The van der Waals surface area contributed by atoms with Crippen molar-refractivity contribution < 1.29 is 18.4 Å². The van der Waals surface area contributed by atoms with Gasteiger partial charge in [-0.3, -0.25) is 9.59 Å². The summed E-state index contributed by atoms with van der Waals surface area (Å²) in [6, 6.07) is 3.26. The average Bonchev–Trinajstić information content (AvgIpc) is 2.83. The van der Waals surface area contributed by atoms with Gasteiger partial charge in [0.05, 0.1) is 16.9 Å². The SMILES string of the molecule is NC(=O)c1nn(-c2ccc(F)c(F)c2)c2c1C(=O)CCC2. The fraction of sp³-hybridized carbons (Fsp3) is 0.214. The van der Waals surface area contributed by atoms with Crippen LogP contribution in [0.1, 0.15) is 39.4 Å². The molecule has 0 fully saturated rings. The average molecular weight is 291 g/mol. The molecule has 0 atom stereocenters. The lowest BCUT2D eigenvalue weighted by Gasteiger charge is -2.13. The van der Waals surface area contributed by atoms with E-state index in [1.807, 2.05) is 0 Å². The number of primary amides is 1. The van der Waals surface area contributed by atoms with Crippen molar-refractivity contribution in [3.05, 3.63) is 46.8 Å². The monoisotopic (exact) mass is 291 g/mol. The molecular weight excluding hydrogens is 280 g/mol. The summed E-state index contributed by atoms with van der Waals surface area (Å²) < 4.78 is 27.7. The maximum absolute atomic E-state index is 13.4. The summed E-state index contributed by atoms with van der Waals surface area (Å²) in [4.78, 5) is 23.4. The van der Waals surface area contributed by atoms with Gasteiger partial charge in [0.1, 0.15) is 0 Å². The molecule has 1 aliphatic carbocycles. The third kappa shape index (κ3) is 2.10. The fourth-order valence-corrected chi connectivity index (χ4v) is 2.52. The molecule has 0 bridgehead atoms. The molecule has 1 aromatic heterocycles. The van der Waals surface area contributed by atoms with E-state index in [2.05, 4.69) is 5.10 Å². The van der Waals surface area contributed by atoms with Crippen LogP contribution < -0.4 is 5.73 Å². The first-order valence-corrected chi connectivity index (χ1v) is 6.39. The molecule has 1 aliphatic rings. The van der Waals surface area contributed by atoms with E-state index in [-0.39, 0.29) is 22.7 Å². The Morgan fingerprint density at radius 3 is 2.67 bits per heavy atom. The van der Waals surface area contributed by atoms with Gasteiger partial charge in [0, 0.05) is 12.5 Å². The number of ketones is 1. The first-order chi connectivity index (χ1) is 9.99. The molecule has 1 amide bonds. The Bertz CT molecular complexity index is 768. The number of fused-ring (bicyclic) bond motifs is 1. The topological polar surface area (TPSA) is 78.0 Å². The molecule has 0 saturated carbocycles. The summed E-state index contributed by atoms with van der Waals surface area (Å²) in [5.74, 6) is -3.03. The van der Waals surface area contributed by atoms with Crippen LogP contribution in [0.3, 0.4) is 0 Å². The van der Waals surface area contributed by atoms with Crippen molar-refractivity contribution in [2.24, 2.45) is 5.73 Å². The van der Waals surface area contributed by atoms with Crippen LogP contribution in [-0.4, -0.2) is 21.5 Å². The number of amides is 1. The van der Waals surface area contributed by atoms with E-state index in [1.54, 1.807) is 0 Å². The van der Waals surface area contributed by atoms with Gasteiger partial charge in [0.15, 0.2) is 23.1 Å². The number of halogens is 2. The molecule has 7 heteroatoms. The highest BCUT2D eigenvalue weighted by Crippen LogP contribution is 2.27. The van der Waals surface area contributed by atoms with Gasteiger partial charge in [-0.05, 0) is 25.0 Å². The van der Waals surface area contributed by atoms with Crippen molar-refractivity contribution in [1.82, 2.24) is 9.78 Å². The van der Waals surface area contributed by atoms with E-state index < -0.39 is 17.5 Å². The van der Waals surface area contributed by atoms with Gasteiger partial charge in [-0.1, -0.05) is 0 Å². The number of carbonyl (C=O) groups excluding carboxylic acids is 2. The smallest absolute Gasteiger partial charge is 0.269 e. The minimum atomic E-state index is -1.03. The van der Waals surface area contributed by atoms with Crippen molar-refractivity contribution in [1.29, 1.82) is 0 Å². The van der Waals surface area contributed by atoms with Crippen molar-refractivity contribution in [3.8, 4) is 5.69 Å². The van der Waals surface area contributed by atoms with Crippen LogP contribution >= 0.6 is 0 Å². The third-order valence-electron chi connectivity index (χ3n) is 3.46. The molecule has 108 valence electrons. The molecule has 0 aliphatic heterocycles. The van der Waals surface area contributed by atoms with Gasteiger partial charge in [0.25, 0.3) is 5.91 Å². The Balaban J connectivity index is 2.23. The molecule has 5 nitrogen and oxygen atoms in total. The van der Waals surface area contributed by atoms with E-state index in [4.69, 9.17) is 5.73 Å². The number of rotatable bonds is 2. The molecular formula is C14H11F2N3O2. The summed E-state index contributed by atoms with van der Waals surface area (Å²) in [5.41, 5.74) is 6.06. The zero-order chi connectivity index (χ0) is 15.1. The van der Waals surface area contributed by atoms with E-state index in [0.717, 1.165) is 12.1 Å². The van der Waals surface area contributed by atoms with Gasteiger partial charge in [0.2, 0.25) is 0 Å². The Kier molecular flexibility index (Phi) is 3.04. The molecule has 1 heterocycles. The van der Waals surface area contributed by atoms with Crippen LogP contribution in [0.15, 0.2) is 18.2 Å². The lowest BCUT2D eigenvalue weighted by Crippen LogP contribution is -2.18. The number of carbonyl (C=O) groups is 2. The summed E-state index contributed by atoms with van der Waals surface area (Å²) >= 11 is 0. The van der Waals surface area contributed by atoms with Crippen LogP contribution in [-0.2, 0) is 6.42 Å². The number of nitrogens with zero attached hydrogens (tertiary/aromatic N) is 2. The van der Waals surface area contributed by atoms with Gasteiger partial charge in [-0.2, -0.15) is 5.10 Å². The van der Waals surface area contributed by atoms with Crippen molar-refractivity contribution in [2.45, 2.75) is 19.3 Å². The van der Waals surface area contributed by atoms with Gasteiger partial charge >= 0.3 is 0 Å². The number of hydrogen-bond acceptors (Lipinski definition) is 3. The second kappa shape index (κ2) is 4.76. The number of nitrogens with two attached hydrogens (primary N) is 1. The van der Waals surface area contributed by atoms with Gasteiger partial charge in [-0.15, -0.1) is 0 Å². The van der Waals surface area contributed by atoms with Crippen molar-refractivity contribution in [2.75, 3.05) is 0 Å². The van der Waals surface area contributed by atoms with Crippen LogP contribution in [0.5, 0.6) is 0 Å².